The molecule has 1 atom stereocenters. The zero-order valence-electron chi connectivity index (χ0n) is 14.7. The van der Waals surface area contributed by atoms with E-state index in [9.17, 15) is 9.18 Å². The van der Waals surface area contributed by atoms with Gasteiger partial charge in [-0.1, -0.05) is 48.5 Å². The van der Waals surface area contributed by atoms with Crippen molar-refractivity contribution in [1.82, 2.24) is 10.3 Å². The molecule has 3 rings (SSSR count). The van der Waals surface area contributed by atoms with Crippen LogP contribution in [0.25, 0.3) is 11.1 Å². The number of nitrogens with zero attached hydrogens (tertiary/aromatic N) is 1. The first-order valence-corrected chi connectivity index (χ1v) is 8.67. The highest BCUT2D eigenvalue weighted by Crippen LogP contribution is 2.23. The van der Waals surface area contributed by atoms with Crippen molar-refractivity contribution in [2.24, 2.45) is 0 Å². The second-order valence-electron chi connectivity index (χ2n) is 6.27. The lowest BCUT2D eigenvalue weighted by Gasteiger charge is -2.15. The van der Waals surface area contributed by atoms with Crippen LogP contribution in [0.5, 0.6) is 0 Å². The van der Waals surface area contributed by atoms with Crippen LogP contribution in [-0.4, -0.2) is 10.9 Å². The van der Waals surface area contributed by atoms with Crippen LogP contribution >= 0.6 is 0 Å². The van der Waals surface area contributed by atoms with E-state index in [0.717, 1.165) is 28.7 Å². The lowest BCUT2D eigenvalue weighted by Crippen LogP contribution is -2.26. The van der Waals surface area contributed by atoms with E-state index in [1.807, 2.05) is 61.5 Å². The van der Waals surface area contributed by atoms with Gasteiger partial charge in [-0.05, 0) is 48.2 Å². The second kappa shape index (κ2) is 8.39. The molecule has 1 heterocycles. The van der Waals surface area contributed by atoms with Gasteiger partial charge < -0.3 is 5.32 Å². The maximum Gasteiger partial charge on any atom is 0.220 e. The van der Waals surface area contributed by atoms with Crippen molar-refractivity contribution in [1.29, 1.82) is 0 Å². The monoisotopic (exact) mass is 348 g/mol. The summed E-state index contributed by atoms with van der Waals surface area (Å²) in [6, 6.07) is 20.8. The van der Waals surface area contributed by atoms with Gasteiger partial charge >= 0.3 is 0 Å². The largest absolute Gasteiger partial charge is 0.350 e. The van der Waals surface area contributed by atoms with Gasteiger partial charge in [-0.15, -0.1) is 0 Å². The molecule has 0 radical (unpaired) electrons. The Balaban J connectivity index is 1.62. The van der Waals surface area contributed by atoms with Crippen LogP contribution < -0.4 is 5.32 Å². The minimum atomic E-state index is -0.496. The van der Waals surface area contributed by atoms with Crippen molar-refractivity contribution in [3.05, 3.63) is 90.0 Å². The van der Waals surface area contributed by atoms with Crippen LogP contribution in [0.2, 0.25) is 0 Å². The first-order chi connectivity index (χ1) is 12.6. The summed E-state index contributed by atoms with van der Waals surface area (Å²) in [5.74, 6) is -0.473. The van der Waals surface area contributed by atoms with E-state index in [4.69, 9.17) is 0 Å². The van der Waals surface area contributed by atoms with Crippen molar-refractivity contribution in [2.75, 3.05) is 0 Å². The third kappa shape index (κ3) is 4.76. The van der Waals surface area contributed by atoms with E-state index in [0.29, 0.717) is 6.42 Å². The van der Waals surface area contributed by atoms with Crippen LogP contribution in [0.1, 0.15) is 30.5 Å². The average molecular weight is 348 g/mol. The Morgan fingerprint density at radius 2 is 1.85 bits per heavy atom. The summed E-state index contributed by atoms with van der Waals surface area (Å²) in [5, 5.41) is 3.04. The fourth-order valence-electron chi connectivity index (χ4n) is 2.83. The Morgan fingerprint density at radius 1 is 1.04 bits per heavy atom. The summed E-state index contributed by atoms with van der Waals surface area (Å²) < 4.78 is 13.0. The number of benzene rings is 2. The number of halogens is 1. The maximum atomic E-state index is 13.0. The van der Waals surface area contributed by atoms with Crippen LogP contribution in [0, 0.1) is 5.95 Å². The van der Waals surface area contributed by atoms with Gasteiger partial charge in [-0.2, -0.15) is 4.39 Å². The number of pyridine rings is 1. The third-order valence-corrected chi connectivity index (χ3v) is 4.31. The van der Waals surface area contributed by atoms with E-state index in [2.05, 4.69) is 10.3 Å². The molecule has 0 saturated carbocycles. The fourth-order valence-corrected chi connectivity index (χ4v) is 2.83. The standard InChI is InChI=1S/C22H21FN2O/c1-16(25-22(26)13-10-17-6-3-2-4-7-17)18-8-5-9-19(14-18)20-11-12-21(23)24-15-20/h2-9,11-12,14-16H,10,13H2,1H3,(H,25,26)/t16-/m0/s1. The van der Waals surface area contributed by atoms with Crippen molar-refractivity contribution in [3.63, 3.8) is 0 Å². The molecule has 3 aromatic rings. The Kier molecular flexibility index (Phi) is 5.74. The summed E-state index contributed by atoms with van der Waals surface area (Å²) >= 11 is 0. The van der Waals surface area contributed by atoms with Crippen molar-refractivity contribution < 1.29 is 9.18 Å². The highest BCUT2D eigenvalue weighted by molar-refractivity contribution is 5.76. The van der Waals surface area contributed by atoms with Crippen molar-refractivity contribution >= 4 is 5.91 Å². The molecule has 132 valence electrons. The topological polar surface area (TPSA) is 42.0 Å². The number of aryl methyl sites for hydroxylation is 1. The van der Waals surface area contributed by atoms with E-state index < -0.39 is 5.95 Å². The molecule has 0 unspecified atom stereocenters. The quantitative estimate of drug-likeness (QED) is 0.656. The molecular formula is C22H21FN2O. The Hall–Kier alpha value is -3.01. The predicted molar refractivity (Wildman–Crippen MR) is 101 cm³/mol. The summed E-state index contributed by atoms with van der Waals surface area (Å²) in [4.78, 5) is 15.9. The number of carbonyl (C=O) groups is 1. The smallest absolute Gasteiger partial charge is 0.220 e. The number of hydrogen-bond acceptors (Lipinski definition) is 2. The molecule has 4 heteroatoms. The summed E-state index contributed by atoms with van der Waals surface area (Å²) in [7, 11) is 0. The lowest BCUT2D eigenvalue weighted by molar-refractivity contribution is -0.121. The zero-order chi connectivity index (χ0) is 18.4. The highest BCUT2D eigenvalue weighted by Gasteiger charge is 2.11. The highest BCUT2D eigenvalue weighted by atomic mass is 19.1. The van der Waals surface area contributed by atoms with E-state index in [-0.39, 0.29) is 11.9 Å². The number of rotatable bonds is 6. The molecule has 0 bridgehead atoms. The first kappa shape index (κ1) is 17.8. The Morgan fingerprint density at radius 3 is 2.58 bits per heavy atom. The molecule has 1 aromatic heterocycles. The maximum absolute atomic E-state index is 13.0. The molecule has 1 N–H and O–H groups in total. The van der Waals surface area contributed by atoms with Gasteiger partial charge in [-0.3, -0.25) is 4.79 Å². The van der Waals surface area contributed by atoms with Gasteiger partial charge in [-0.25, -0.2) is 4.98 Å². The van der Waals surface area contributed by atoms with E-state index in [1.54, 1.807) is 6.07 Å². The molecule has 0 aliphatic heterocycles. The van der Waals surface area contributed by atoms with Crippen LogP contribution in [-0.2, 0) is 11.2 Å². The lowest BCUT2D eigenvalue weighted by atomic mass is 10.0. The van der Waals surface area contributed by atoms with Gasteiger partial charge in [0, 0.05) is 18.2 Å². The molecule has 1 amide bonds. The molecule has 2 aromatic carbocycles. The summed E-state index contributed by atoms with van der Waals surface area (Å²) in [6.07, 6.45) is 2.69. The summed E-state index contributed by atoms with van der Waals surface area (Å²) in [6.45, 7) is 1.96. The molecule has 0 spiro atoms. The Labute approximate surface area is 152 Å². The number of aromatic nitrogens is 1. The van der Waals surface area contributed by atoms with Gasteiger partial charge in [0.25, 0.3) is 0 Å². The van der Waals surface area contributed by atoms with Crippen LogP contribution in [0.15, 0.2) is 72.9 Å². The average Bonchev–Trinajstić information content (AvgIpc) is 2.68. The van der Waals surface area contributed by atoms with E-state index >= 15 is 0 Å². The van der Waals surface area contributed by atoms with E-state index in [1.165, 1.54) is 12.3 Å². The minimum absolute atomic E-state index is 0.0233. The molecule has 0 aliphatic rings. The van der Waals surface area contributed by atoms with Crippen LogP contribution in [0.3, 0.4) is 0 Å². The molecule has 0 fully saturated rings. The van der Waals surface area contributed by atoms with Gasteiger partial charge in [0.1, 0.15) is 0 Å². The second-order valence-corrected chi connectivity index (χ2v) is 6.27. The molecular weight excluding hydrogens is 327 g/mol. The molecule has 3 nitrogen and oxygen atoms in total. The number of nitrogens with one attached hydrogen (secondary N) is 1. The number of carbonyl (C=O) groups excluding carboxylic acids is 1. The summed E-state index contributed by atoms with van der Waals surface area (Å²) in [5.41, 5.74) is 3.94. The number of hydrogen-bond donors (Lipinski definition) is 1. The van der Waals surface area contributed by atoms with Gasteiger partial charge in [0.2, 0.25) is 11.9 Å². The first-order valence-electron chi connectivity index (χ1n) is 8.67. The van der Waals surface area contributed by atoms with Crippen molar-refractivity contribution in [3.8, 4) is 11.1 Å². The Bertz CT molecular complexity index is 863. The molecule has 26 heavy (non-hydrogen) atoms. The minimum Gasteiger partial charge on any atom is -0.350 e. The van der Waals surface area contributed by atoms with Crippen LogP contribution in [0.4, 0.5) is 4.39 Å². The van der Waals surface area contributed by atoms with Gasteiger partial charge in [0.15, 0.2) is 0 Å². The normalized spacial score (nSPS) is 11.8. The van der Waals surface area contributed by atoms with Gasteiger partial charge in [0.05, 0.1) is 6.04 Å². The van der Waals surface area contributed by atoms with Crippen molar-refractivity contribution in [2.45, 2.75) is 25.8 Å². The number of amides is 1. The molecule has 0 aliphatic carbocycles. The molecule has 0 saturated heterocycles. The zero-order valence-corrected chi connectivity index (χ0v) is 14.7. The third-order valence-electron chi connectivity index (χ3n) is 4.31. The SMILES string of the molecule is C[C@H](NC(=O)CCc1ccccc1)c1cccc(-c2ccc(F)nc2)c1. The predicted octanol–water partition coefficient (Wildman–Crippen LogP) is 4.70. The fraction of sp³-hybridized carbons (Fsp3) is 0.182.